The number of rotatable bonds is 10. The highest BCUT2D eigenvalue weighted by atomic mass is 19.4. The molecule has 0 radical (unpaired) electrons. The highest BCUT2D eigenvalue weighted by molar-refractivity contribution is 5.98. The van der Waals surface area contributed by atoms with Crippen LogP contribution in [0.2, 0.25) is 0 Å². The van der Waals surface area contributed by atoms with Gasteiger partial charge in [0.15, 0.2) is 23.8 Å². The van der Waals surface area contributed by atoms with Crippen LogP contribution in [0.15, 0.2) is 60.7 Å². The van der Waals surface area contributed by atoms with Crippen molar-refractivity contribution in [2.45, 2.75) is 50.2 Å². The molecular formula is C30H34F6N2O3. The molecule has 224 valence electrons. The average Bonchev–Trinajstić information content (AvgIpc) is 2.96. The molecule has 2 aromatic carbocycles. The molecule has 0 N–H and O–H groups in total. The van der Waals surface area contributed by atoms with Crippen molar-refractivity contribution in [3.63, 3.8) is 0 Å². The molecule has 0 spiro atoms. The Morgan fingerprint density at radius 1 is 0.683 bits per heavy atom. The zero-order chi connectivity index (χ0) is 29.6. The van der Waals surface area contributed by atoms with Crippen molar-refractivity contribution >= 4 is 11.6 Å². The fourth-order valence-electron chi connectivity index (χ4n) is 5.66. The van der Waals surface area contributed by atoms with Gasteiger partial charge in [0.2, 0.25) is 0 Å². The number of nitrogens with zero attached hydrogens (tertiary/aromatic N) is 2. The summed E-state index contributed by atoms with van der Waals surface area (Å²) in [5.41, 5.74) is 0.899. The van der Waals surface area contributed by atoms with Crippen molar-refractivity contribution in [3.8, 4) is 0 Å². The smallest absolute Gasteiger partial charge is 0.353 e. The Hall–Kier alpha value is -2.76. The molecule has 11 heteroatoms. The predicted molar refractivity (Wildman–Crippen MR) is 141 cm³/mol. The van der Waals surface area contributed by atoms with E-state index in [-0.39, 0.29) is 37.7 Å². The zero-order valence-corrected chi connectivity index (χ0v) is 22.5. The molecule has 2 aliphatic heterocycles. The number of carbonyl (C=O) groups excluding carboxylic acids is 2. The van der Waals surface area contributed by atoms with Gasteiger partial charge in [0, 0.05) is 49.1 Å². The molecule has 2 saturated heterocycles. The summed E-state index contributed by atoms with van der Waals surface area (Å²) < 4.78 is 89.0. The molecule has 2 aliphatic rings. The first-order valence-electron chi connectivity index (χ1n) is 13.8. The van der Waals surface area contributed by atoms with Crippen molar-refractivity contribution in [2.75, 3.05) is 39.3 Å². The zero-order valence-electron chi connectivity index (χ0n) is 22.5. The van der Waals surface area contributed by atoms with E-state index in [1.165, 1.54) is 9.80 Å². The normalized spacial score (nSPS) is 22.7. The molecular weight excluding hydrogens is 550 g/mol. The van der Waals surface area contributed by atoms with Gasteiger partial charge < -0.3 is 4.74 Å². The molecule has 4 atom stereocenters. The Labute approximate surface area is 235 Å². The summed E-state index contributed by atoms with van der Waals surface area (Å²) in [5.74, 6) is -1.49. The fraction of sp³-hybridized carbons (Fsp3) is 0.533. The SMILES string of the molecule is O=C(c1ccccc1)C1CCCN(C[C@H](O[C@@H](CN2CCCC(C(=O)c3ccccc3)C2)C(F)(F)F)C(F)(F)F)C1. The molecule has 0 saturated carbocycles. The van der Waals surface area contributed by atoms with Crippen LogP contribution in [0.1, 0.15) is 46.4 Å². The summed E-state index contributed by atoms with van der Waals surface area (Å²) in [6.45, 7) is -1.14. The number of hydrogen-bond acceptors (Lipinski definition) is 5. The minimum Gasteiger partial charge on any atom is -0.353 e. The van der Waals surface area contributed by atoms with E-state index in [0.717, 1.165) is 0 Å². The molecule has 2 heterocycles. The Bertz CT molecular complexity index is 1050. The molecule has 5 nitrogen and oxygen atoms in total. The van der Waals surface area contributed by atoms with Gasteiger partial charge in [-0.1, -0.05) is 60.7 Å². The number of ether oxygens (including phenoxy) is 1. The maximum atomic E-state index is 14.0. The van der Waals surface area contributed by atoms with E-state index < -0.39 is 49.5 Å². The van der Waals surface area contributed by atoms with Gasteiger partial charge in [-0.2, -0.15) is 26.3 Å². The van der Waals surface area contributed by atoms with E-state index >= 15 is 0 Å². The quantitative estimate of drug-likeness (QED) is 0.251. The van der Waals surface area contributed by atoms with E-state index in [1.54, 1.807) is 60.7 Å². The van der Waals surface area contributed by atoms with Gasteiger partial charge in [0.05, 0.1) is 0 Å². The van der Waals surface area contributed by atoms with Crippen molar-refractivity contribution in [1.82, 2.24) is 9.80 Å². The van der Waals surface area contributed by atoms with E-state index in [1.807, 2.05) is 0 Å². The third-order valence-electron chi connectivity index (χ3n) is 7.78. The molecule has 0 amide bonds. The van der Waals surface area contributed by atoms with Gasteiger partial charge >= 0.3 is 12.4 Å². The lowest BCUT2D eigenvalue weighted by atomic mass is 9.90. The monoisotopic (exact) mass is 584 g/mol. The number of benzene rings is 2. The first kappa shape index (κ1) is 31.2. The second kappa shape index (κ2) is 13.5. The summed E-state index contributed by atoms with van der Waals surface area (Å²) >= 11 is 0. The third kappa shape index (κ3) is 8.62. The summed E-state index contributed by atoms with van der Waals surface area (Å²) in [6.07, 6.45) is -13.6. The predicted octanol–water partition coefficient (Wildman–Crippen LogP) is 6.05. The van der Waals surface area contributed by atoms with E-state index in [2.05, 4.69) is 0 Å². The standard InChI is InChI=1S/C30H34F6N2O3/c31-29(32,33)25(19-37-15-7-13-23(17-37)27(39)21-9-3-1-4-10-21)41-26(30(34,35)36)20-38-16-8-14-24(18-38)28(40)22-11-5-2-6-12-22/h1-6,9-12,23-26H,7-8,13-20H2/t23?,24?,25-,26-/m0/s1. The molecule has 2 aromatic rings. The summed E-state index contributed by atoms with van der Waals surface area (Å²) in [6, 6.07) is 16.8. The lowest BCUT2D eigenvalue weighted by Gasteiger charge is -2.38. The lowest BCUT2D eigenvalue weighted by molar-refractivity contribution is -0.290. The largest absolute Gasteiger partial charge is 0.415 e. The Kier molecular flexibility index (Phi) is 10.3. The van der Waals surface area contributed by atoms with Crippen LogP contribution in [0, 0.1) is 11.8 Å². The minimum atomic E-state index is -5.05. The molecule has 0 bridgehead atoms. The number of ketones is 2. The number of halogens is 6. The van der Waals surface area contributed by atoms with Crippen molar-refractivity contribution in [2.24, 2.45) is 11.8 Å². The first-order chi connectivity index (χ1) is 19.4. The van der Waals surface area contributed by atoms with Crippen molar-refractivity contribution in [3.05, 3.63) is 71.8 Å². The van der Waals surface area contributed by atoms with E-state index in [0.29, 0.717) is 36.8 Å². The van der Waals surface area contributed by atoms with Crippen LogP contribution in [-0.4, -0.2) is 85.2 Å². The van der Waals surface area contributed by atoms with Gasteiger partial charge in [0.25, 0.3) is 0 Å². The molecule has 4 rings (SSSR count). The number of hydrogen-bond donors (Lipinski definition) is 0. The number of piperidine rings is 2. The summed E-state index contributed by atoms with van der Waals surface area (Å²) in [5, 5.41) is 0. The van der Waals surface area contributed by atoms with Gasteiger partial charge in [-0.25, -0.2) is 0 Å². The Morgan fingerprint density at radius 2 is 1.05 bits per heavy atom. The number of carbonyl (C=O) groups is 2. The summed E-state index contributed by atoms with van der Waals surface area (Å²) in [7, 11) is 0. The maximum absolute atomic E-state index is 14.0. The molecule has 2 fully saturated rings. The Morgan fingerprint density at radius 3 is 1.39 bits per heavy atom. The highest BCUT2D eigenvalue weighted by Gasteiger charge is 2.50. The lowest BCUT2D eigenvalue weighted by Crippen LogP contribution is -2.53. The topological polar surface area (TPSA) is 49.9 Å². The molecule has 0 aliphatic carbocycles. The number of alkyl halides is 6. The highest BCUT2D eigenvalue weighted by Crippen LogP contribution is 2.33. The van der Waals surface area contributed by atoms with Gasteiger partial charge in [-0.05, 0) is 38.8 Å². The minimum absolute atomic E-state index is 0.00968. The first-order valence-corrected chi connectivity index (χ1v) is 13.8. The third-order valence-corrected chi connectivity index (χ3v) is 7.78. The maximum Gasteiger partial charge on any atom is 0.415 e. The van der Waals surface area contributed by atoms with E-state index in [9.17, 15) is 35.9 Å². The van der Waals surface area contributed by atoms with Crippen molar-refractivity contribution in [1.29, 1.82) is 0 Å². The van der Waals surface area contributed by atoms with Crippen LogP contribution in [-0.2, 0) is 4.74 Å². The van der Waals surface area contributed by atoms with Crippen LogP contribution < -0.4 is 0 Å². The van der Waals surface area contributed by atoms with Crippen molar-refractivity contribution < 1.29 is 40.7 Å². The number of Topliss-reactive ketones (excluding diaryl/α,β-unsaturated/α-hetero) is 2. The fourth-order valence-corrected chi connectivity index (χ4v) is 5.66. The van der Waals surface area contributed by atoms with Crippen LogP contribution in [0.25, 0.3) is 0 Å². The molecule has 41 heavy (non-hydrogen) atoms. The molecule has 0 aromatic heterocycles. The molecule has 2 unspecified atom stereocenters. The van der Waals surface area contributed by atoms with Crippen LogP contribution in [0.3, 0.4) is 0 Å². The second-order valence-electron chi connectivity index (χ2n) is 10.9. The Balaban J connectivity index is 1.42. The van der Waals surface area contributed by atoms with Gasteiger partial charge in [-0.15, -0.1) is 0 Å². The van der Waals surface area contributed by atoms with Gasteiger partial charge in [-0.3, -0.25) is 19.4 Å². The van der Waals surface area contributed by atoms with Gasteiger partial charge in [0.1, 0.15) is 0 Å². The van der Waals surface area contributed by atoms with E-state index in [4.69, 9.17) is 4.74 Å². The average molecular weight is 585 g/mol. The van der Waals surface area contributed by atoms with Crippen LogP contribution in [0.4, 0.5) is 26.3 Å². The van der Waals surface area contributed by atoms with Crippen LogP contribution in [0.5, 0.6) is 0 Å². The van der Waals surface area contributed by atoms with Crippen LogP contribution >= 0.6 is 0 Å². The summed E-state index contributed by atoms with van der Waals surface area (Å²) in [4.78, 5) is 28.5. The second-order valence-corrected chi connectivity index (χ2v) is 10.9. The number of likely N-dealkylation sites (tertiary alicyclic amines) is 2.